The Morgan fingerprint density at radius 1 is 1.62 bits per heavy atom. The molecule has 1 fully saturated rings. The van der Waals surface area contributed by atoms with E-state index < -0.39 is 0 Å². The lowest BCUT2D eigenvalue weighted by Crippen LogP contribution is -2.41. The number of pyridine rings is 1. The van der Waals surface area contributed by atoms with Crippen molar-refractivity contribution in [2.75, 3.05) is 6.54 Å². The third-order valence-electron chi connectivity index (χ3n) is 2.87. The Labute approximate surface area is 95.5 Å². The lowest BCUT2D eigenvalue weighted by Gasteiger charge is -2.16. The molecule has 0 spiro atoms. The number of carbonyl (C=O) groups excluding carboxylic acids is 1. The topological polar surface area (TPSA) is 54.0 Å². The fourth-order valence-electron chi connectivity index (χ4n) is 1.93. The number of hydrogen-bond donors (Lipinski definition) is 2. The van der Waals surface area contributed by atoms with Crippen LogP contribution in [0, 0.1) is 0 Å². The molecule has 0 saturated carbocycles. The van der Waals surface area contributed by atoms with Crippen molar-refractivity contribution in [2.45, 2.75) is 31.8 Å². The summed E-state index contributed by atoms with van der Waals surface area (Å²) in [6, 6.07) is 5.67. The average molecular weight is 219 g/mol. The Balaban J connectivity index is 1.92. The van der Waals surface area contributed by atoms with E-state index in [1.165, 1.54) is 0 Å². The largest absolute Gasteiger partial charge is 0.347 e. The van der Waals surface area contributed by atoms with Crippen LogP contribution in [0.25, 0.3) is 0 Å². The van der Waals surface area contributed by atoms with Gasteiger partial charge in [-0.15, -0.1) is 0 Å². The second kappa shape index (κ2) is 5.07. The van der Waals surface area contributed by atoms with E-state index in [0.29, 0.717) is 0 Å². The quantitative estimate of drug-likeness (QED) is 0.797. The summed E-state index contributed by atoms with van der Waals surface area (Å²) in [5.41, 5.74) is 0.897. The zero-order valence-corrected chi connectivity index (χ0v) is 9.44. The Kier molecular flexibility index (Phi) is 3.51. The molecular formula is C12H17N3O. The van der Waals surface area contributed by atoms with Crippen molar-refractivity contribution in [1.29, 1.82) is 0 Å². The van der Waals surface area contributed by atoms with Crippen LogP contribution in [0.15, 0.2) is 24.4 Å². The average Bonchev–Trinajstić information content (AvgIpc) is 2.83. The van der Waals surface area contributed by atoms with Gasteiger partial charge >= 0.3 is 0 Å². The van der Waals surface area contributed by atoms with Crippen molar-refractivity contribution in [3.63, 3.8) is 0 Å². The molecule has 4 nitrogen and oxygen atoms in total. The Morgan fingerprint density at radius 2 is 2.50 bits per heavy atom. The van der Waals surface area contributed by atoms with Gasteiger partial charge in [0.1, 0.15) is 0 Å². The first kappa shape index (κ1) is 11.1. The van der Waals surface area contributed by atoms with Gasteiger partial charge in [0.05, 0.1) is 17.8 Å². The van der Waals surface area contributed by atoms with E-state index in [1.807, 2.05) is 25.1 Å². The highest BCUT2D eigenvalue weighted by Crippen LogP contribution is 2.10. The molecule has 1 amide bonds. The third-order valence-corrected chi connectivity index (χ3v) is 2.87. The molecule has 2 heterocycles. The Morgan fingerprint density at radius 3 is 3.12 bits per heavy atom. The SMILES string of the molecule is C[C@H](NC(=O)C1CCCN1)c1ccccn1. The van der Waals surface area contributed by atoms with Crippen LogP contribution in [-0.4, -0.2) is 23.5 Å². The monoisotopic (exact) mass is 219 g/mol. The molecular weight excluding hydrogens is 202 g/mol. The molecule has 1 aliphatic rings. The molecule has 2 N–H and O–H groups in total. The lowest BCUT2D eigenvalue weighted by atomic mass is 10.1. The van der Waals surface area contributed by atoms with Gasteiger partial charge in [-0.05, 0) is 38.4 Å². The zero-order chi connectivity index (χ0) is 11.4. The lowest BCUT2D eigenvalue weighted by molar-refractivity contribution is -0.123. The summed E-state index contributed by atoms with van der Waals surface area (Å²) in [5.74, 6) is 0.0793. The van der Waals surface area contributed by atoms with Gasteiger partial charge in [-0.2, -0.15) is 0 Å². The third kappa shape index (κ3) is 2.58. The summed E-state index contributed by atoms with van der Waals surface area (Å²) in [7, 11) is 0. The van der Waals surface area contributed by atoms with Crippen LogP contribution in [0.3, 0.4) is 0 Å². The minimum atomic E-state index is -0.0314. The Hall–Kier alpha value is -1.42. The standard InChI is InChI=1S/C12H17N3O/c1-9(10-5-2-3-7-13-10)15-12(16)11-6-4-8-14-11/h2-3,5,7,9,11,14H,4,6,8H2,1H3,(H,15,16)/t9-,11?/m0/s1. The second-order valence-electron chi connectivity index (χ2n) is 4.13. The maximum absolute atomic E-state index is 11.8. The van der Waals surface area contributed by atoms with Crippen molar-refractivity contribution < 1.29 is 4.79 Å². The van der Waals surface area contributed by atoms with Crippen molar-refractivity contribution in [2.24, 2.45) is 0 Å². The molecule has 16 heavy (non-hydrogen) atoms. The van der Waals surface area contributed by atoms with E-state index in [4.69, 9.17) is 0 Å². The van der Waals surface area contributed by atoms with Crippen molar-refractivity contribution in [3.8, 4) is 0 Å². The first-order valence-corrected chi connectivity index (χ1v) is 5.72. The predicted molar refractivity (Wildman–Crippen MR) is 61.8 cm³/mol. The molecule has 0 aliphatic carbocycles. The summed E-state index contributed by atoms with van der Waals surface area (Å²) < 4.78 is 0. The highest BCUT2D eigenvalue weighted by molar-refractivity contribution is 5.82. The minimum absolute atomic E-state index is 0.0221. The first-order chi connectivity index (χ1) is 7.77. The van der Waals surface area contributed by atoms with Crippen molar-refractivity contribution in [3.05, 3.63) is 30.1 Å². The van der Waals surface area contributed by atoms with Crippen LogP contribution < -0.4 is 10.6 Å². The summed E-state index contributed by atoms with van der Waals surface area (Å²) in [6.07, 6.45) is 3.75. The fourth-order valence-corrected chi connectivity index (χ4v) is 1.93. The van der Waals surface area contributed by atoms with Gasteiger partial charge in [0.15, 0.2) is 0 Å². The van der Waals surface area contributed by atoms with E-state index in [1.54, 1.807) is 6.20 Å². The number of carbonyl (C=O) groups is 1. The molecule has 86 valence electrons. The molecule has 2 atom stereocenters. The summed E-state index contributed by atoms with van der Waals surface area (Å²) in [4.78, 5) is 16.1. The molecule has 1 aromatic rings. The summed E-state index contributed by atoms with van der Waals surface area (Å²) >= 11 is 0. The number of hydrogen-bond acceptors (Lipinski definition) is 3. The fraction of sp³-hybridized carbons (Fsp3) is 0.500. The second-order valence-corrected chi connectivity index (χ2v) is 4.13. The van der Waals surface area contributed by atoms with E-state index in [9.17, 15) is 4.79 Å². The molecule has 0 bridgehead atoms. The molecule has 1 saturated heterocycles. The first-order valence-electron chi connectivity index (χ1n) is 5.72. The maximum atomic E-state index is 11.8. The van der Waals surface area contributed by atoms with Crippen LogP contribution >= 0.6 is 0 Å². The predicted octanol–water partition coefficient (Wildman–Crippen LogP) is 1.01. The zero-order valence-electron chi connectivity index (χ0n) is 9.44. The highest BCUT2D eigenvalue weighted by atomic mass is 16.2. The van der Waals surface area contributed by atoms with E-state index in [0.717, 1.165) is 25.1 Å². The van der Waals surface area contributed by atoms with E-state index in [-0.39, 0.29) is 18.0 Å². The van der Waals surface area contributed by atoms with Crippen LogP contribution in [0.1, 0.15) is 31.5 Å². The van der Waals surface area contributed by atoms with Gasteiger partial charge in [-0.3, -0.25) is 9.78 Å². The minimum Gasteiger partial charge on any atom is -0.347 e. The number of amides is 1. The van der Waals surface area contributed by atoms with Gasteiger partial charge in [0.25, 0.3) is 0 Å². The molecule has 0 radical (unpaired) electrons. The summed E-state index contributed by atoms with van der Waals surface area (Å²) in [6.45, 7) is 2.89. The smallest absolute Gasteiger partial charge is 0.237 e. The maximum Gasteiger partial charge on any atom is 0.237 e. The van der Waals surface area contributed by atoms with Crippen molar-refractivity contribution >= 4 is 5.91 Å². The molecule has 0 aromatic carbocycles. The summed E-state index contributed by atoms with van der Waals surface area (Å²) in [5, 5.41) is 6.15. The van der Waals surface area contributed by atoms with Gasteiger partial charge in [-0.1, -0.05) is 6.07 Å². The Bertz CT molecular complexity index is 347. The van der Waals surface area contributed by atoms with Crippen LogP contribution in [0.5, 0.6) is 0 Å². The van der Waals surface area contributed by atoms with Gasteiger partial charge in [0.2, 0.25) is 5.91 Å². The van der Waals surface area contributed by atoms with E-state index >= 15 is 0 Å². The van der Waals surface area contributed by atoms with Crippen LogP contribution in [0.2, 0.25) is 0 Å². The van der Waals surface area contributed by atoms with E-state index in [2.05, 4.69) is 15.6 Å². The molecule has 1 unspecified atom stereocenters. The van der Waals surface area contributed by atoms with Crippen molar-refractivity contribution in [1.82, 2.24) is 15.6 Å². The molecule has 1 aromatic heterocycles. The molecule has 4 heteroatoms. The van der Waals surface area contributed by atoms with Crippen LogP contribution in [-0.2, 0) is 4.79 Å². The normalized spacial score (nSPS) is 21.7. The van der Waals surface area contributed by atoms with Crippen LogP contribution in [0.4, 0.5) is 0 Å². The highest BCUT2D eigenvalue weighted by Gasteiger charge is 2.23. The number of aromatic nitrogens is 1. The number of nitrogens with zero attached hydrogens (tertiary/aromatic N) is 1. The molecule has 2 rings (SSSR count). The van der Waals surface area contributed by atoms with Gasteiger partial charge in [-0.25, -0.2) is 0 Å². The van der Waals surface area contributed by atoms with Gasteiger partial charge < -0.3 is 10.6 Å². The number of rotatable bonds is 3. The molecule has 1 aliphatic heterocycles. The number of nitrogens with one attached hydrogen (secondary N) is 2. The van der Waals surface area contributed by atoms with Gasteiger partial charge in [0, 0.05) is 6.20 Å².